The van der Waals surface area contributed by atoms with Crippen LogP contribution in [0.15, 0.2) is 0 Å². The largest absolute Gasteiger partial charge is 0.330 e. The highest BCUT2D eigenvalue weighted by atomic mass is 32.1. The van der Waals surface area contributed by atoms with Crippen LogP contribution in [0.3, 0.4) is 0 Å². The molecule has 2 rings (SSSR count). The fraction of sp³-hybridized carbons (Fsp3) is 0.700. The standard InChI is InChI=1S/C10H17N5S/c1-8-12-13-10-15(8)14-9(16-10)6-4-2-3-5-7-11/h2-7,11H2,1H3. The van der Waals surface area contributed by atoms with Crippen molar-refractivity contribution in [2.24, 2.45) is 5.73 Å². The summed E-state index contributed by atoms with van der Waals surface area (Å²) in [5.74, 6) is 0.862. The normalized spacial score (nSPS) is 11.4. The van der Waals surface area contributed by atoms with Gasteiger partial charge in [0.05, 0.1) is 0 Å². The molecule has 0 bridgehead atoms. The van der Waals surface area contributed by atoms with E-state index < -0.39 is 0 Å². The number of hydrogen-bond donors (Lipinski definition) is 1. The quantitative estimate of drug-likeness (QED) is 0.777. The molecule has 2 N–H and O–H groups in total. The van der Waals surface area contributed by atoms with Crippen molar-refractivity contribution in [2.75, 3.05) is 6.54 Å². The van der Waals surface area contributed by atoms with Crippen LogP contribution in [0.5, 0.6) is 0 Å². The number of nitrogens with two attached hydrogens (primary N) is 1. The van der Waals surface area contributed by atoms with E-state index in [9.17, 15) is 0 Å². The molecule has 6 heteroatoms. The maximum atomic E-state index is 5.45. The average molecular weight is 239 g/mol. The van der Waals surface area contributed by atoms with Crippen LogP contribution in [0.25, 0.3) is 4.96 Å². The molecule has 5 nitrogen and oxygen atoms in total. The van der Waals surface area contributed by atoms with Gasteiger partial charge in [-0.1, -0.05) is 24.2 Å². The predicted molar refractivity (Wildman–Crippen MR) is 64.6 cm³/mol. The van der Waals surface area contributed by atoms with Gasteiger partial charge in [-0.05, 0) is 26.3 Å². The zero-order valence-corrected chi connectivity index (χ0v) is 10.3. The van der Waals surface area contributed by atoms with Crippen molar-refractivity contribution in [1.29, 1.82) is 0 Å². The molecule has 88 valence electrons. The lowest BCUT2D eigenvalue weighted by Gasteiger charge is -1.96. The Kier molecular flexibility index (Phi) is 3.84. The van der Waals surface area contributed by atoms with E-state index in [1.54, 1.807) is 11.3 Å². The van der Waals surface area contributed by atoms with Gasteiger partial charge >= 0.3 is 0 Å². The molecule has 2 aromatic heterocycles. The van der Waals surface area contributed by atoms with Gasteiger partial charge in [-0.15, -0.1) is 10.2 Å². The zero-order valence-electron chi connectivity index (χ0n) is 9.52. The molecule has 0 saturated heterocycles. The van der Waals surface area contributed by atoms with Gasteiger partial charge in [0.15, 0.2) is 5.82 Å². The van der Waals surface area contributed by atoms with Crippen LogP contribution in [0.2, 0.25) is 0 Å². The average Bonchev–Trinajstić information content (AvgIpc) is 2.81. The topological polar surface area (TPSA) is 69.1 Å². The van der Waals surface area contributed by atoms with Crippen molar-refractivity contribution in [2.45, 2.75) is 39.0 Å². The molecule has 0 amide bonds. The SMILES string of the molecule is Cc1nnc2sc(CCCCCCN)nn12. The predicted octanol–water partition coefficient (Wildman–Crippen LogP) is 1.56. The van der Waals surface area contributed by atoms with Gasteiger partial charge in [-0.25, -0.2) is 0 Å². The van der Waals surface area contributed by atoms with Gasteiger partial charge in [0.25, 0.3) is 0 Å². The summed E-state index contributed by atoms with van der Waals surface area (Å²) >= 11 is 1.64. The fourth-order valence-electron chi connectivity index (χ4n) is 1.63. The van der Waals surface area contributed by atoms with Crippen molar-refractivity contribution in [3.63, 3.8) is 0 Å². The molecule has 16 heavy (non-hydrogen) atoms. The number of unbranched alkanes of at least 4 members (excludes halogenated alkanes) is 3. The number of nitrogens with zero attached hydrogens (tertiary/aromatic N) is 4. The van der Waals surface area contributed by atoms with Gasteiger partial charge in [0.1, 0.15) is 5.01 Å². The van der Waals surface area contributed by atoms with Crippen LogP contribution < -0.4 is 5.73 Å². The zero-order chi connectivity index (χ0) is 11.4. The van der Waals surface area contributed by atoms with Crippen LogP contribution in [0.1, 0.15) is 36.5 Å². The Bertz CT molecular complexity index is 447. The molecule has 0 saturated carbocycles. The molecular weight excluding hydrogens is 222 g/mol. The number of rotatable bonds is 6. The second-order valence-electron chi connectivity index (χ2n) is 3.89. The van der Waals surface area contributed by atoms with E-state index in [1.807, 2.05) is 11.4 Å². The summed E-state index contributed by atoms with van der Waals surface area (Å²) in [7, 11) is 0. The minimum absolute atomic E-state index is 0.802. The third-order valence-electron chi connectivity index (χ3n) is 2.53. The van der Waals surface area contributed by atoms with E-state index in [4.69, 9.17) is 5.73 Å². The first-order chi connectivity index (χ1) is 7.81. The summed E-state index contributed by atoms with van der Waals surface area (Å²) in [5, 5.41) is 13.6. The highest BCUT2D eigenvalue weighted by Crippen LogP contribution is 2.16. The van der Waals surface area contributed by atoms with Gasteiger partial charge < -0.3 is 5.73 Å². The lowest BCUT2D eigenvalue weighted by Crippen LogP contribution is -1.98. The summed E-state index contributed by atoms with van der Waals surface area (Å²) in [6.07, 6.45) is 5.81. The Morgan fingerprint density at radius 2 is 2.00 bits per heavy atom. The fourth-order valence-corrected chi connectivity index (χ4v) is 2.55. The number of hydrogen-bond acceptors (Lipinski definition) is 5. The van der Waals surface area contributed by atoms with Crippen LogP contribution >= 0.6 is 11.3 Å². The Hall–Kier alpha value is -1.01. The molecule has 0 spiro atoms. The second kappa shape index (κ2) is 5.36. The lowest BCUT2D eigenvalue weighted by atomic mass is 10.1. The van der Waals surface area contributed by atoms with E-state index in [0.717, 1.165) is 35.2 Å². The number of aromatic nitrogens is 4. The highest BCUT2D eigenvalue weighted by Gasteiger charge is 2.07. The van der Waals surface area contributed by atoms with Crippen molar-refractivity contribution >= 4 is 16.3 Å². The minimum Gasteiger partial charge on any atom is -0.330 e. The lowest BCUT2D eigenvalue weighted by molar-refractivity contribution is 0.641. The highest BCUT2D eigenvalue weighted by molar-refractivity contribution is 7.16. The van der Waals surface area contributed by atoms with Crippen LogP contribution in [-0.2, 0) is 6.42 Å². The van der Waals surface area contributed by atoms with E-state index >= 15 is 0 Å². The Morgan fingerprint density at radius 3 is 2.75 bits per heavy atom. The third kappa shape index (κ3) is 2.56. The molecule has 0 radical (unpaired) electrons. The minimum atomic E-state index is 0.802. The van der Waals surface area contributed by atoms with Crippen molar-refractivity contribution in [3.8, 4) is 0 Å². The maximum Gasteiger partial charge on any atom is 0.234 e. The van der Waals surface area contributed by atoms with E-state index in [2.05, 4.69) is 15.3 Å². The van der Waals surface area contributed by atoms with E-state index in [-0.39, 0.29) is 0 Å². The van der Waals surface area contributed by atoms with Crippen LogP contribution in [-0.4, -0.2) is 26.4 Å². The molecule has 0 fully saturated rings. The molecule has 2 heterocycles. The smallest absolute Gasteiger partial charge is 0.234 e. The summed E-state index contributed by atoms with van der Waals surface area (Å²) in [6, 6.07) is 0. The molecule has 0 aliphatic heterocycles. The first-order valence-corrected chi connectivity index (χ1v) is 6.50. The van der Waals surface area contributed by atoms with Crippen LogP contribution in [0, 0.1) is 6.92 Å². The summed E-state index contributed by atoms with van der Waals surface area (Å²) < 4.78 is 1.82. The van der Waals surface area contributed by atoms with Crippen molar-refractivity contribution in [3.05, 3.63) is 10.8 Å². The summed E-state index contributed by atoms with van der Waals surface area (Å²) in [4.78, 5) is 0.898. The summed E-state index contributed by atoms with van der Waals surface area (Å²) in [5.41, 5.74) is 5.45. The second-order valence-corrected chi connectivity index (χ2v) is 4.93. The molecule has 0 aliphatic rings. The molecule has 0 atom stereocenters. The van der Waals surface area contributed by atoms with Crippen LogP contribution in [0.4, 0.5) is 0 Å². The number of fused-ring (bicyclic) bond motifs is 1. The Labute approximate surface area is 98.7 Å². The van der Waals surface area contributed by atoms with Gasteiger partial charge in [0.2, 0.25) is 4.96 Å². The third-order valence-corrected chi connectivity index (χ3v) is 3.49. The molecular formula is C10H17N5S. The Morgan fingerprint density at radius 1 is 1.19 bits per heavy atom. The first-order valence-electron chi connectivity index (χ1n) is 5.69. The summed E-state index contributed by atoms with van der Waals surface area (Å²) in [6.45, 7) is 2.72. The van der Waals surface area contributed by atoms with Gasteiger partial charge in [-0.3, -0.25) is 0 Å². The number of aryl methyl sites for hydroxylation is 2. The van der Waals surface area contributed by atoms with Gasteiger partial charge in [-0.2, -0.15) is 9.61 Å². The molecule has 0 unspecified atom stereocenters. The molecule has 2 aromatic rings. The maximum absolute atomic E-state index is 5.45. The molecule has 0 aromatic carbocycles. The van der Waals surface area contributed by atoms with Crippen molar-refractivity contribution < 1.29 is 0 Å². The van der Waals surface area contributed by atoms with E-state index in [0.29, 0.717) is 0 Å². The monoisotopic (exact) mass is 239 g/mol. The van der Waals surface area contributed by atoms with Crippen molar-refractivity contribution in [1.82, 2.24) is 19.8 Å². The Balaban J connectivity index is 1.85. The first kappa shape index (κ1) is 11.5. The van der Waals surface area contributed by atoms with Gasteiger partial charge in [0, 0.05) is 6.42 Å². The molecule has 0 aliphatic carbocycles. The van der Waals surface area contributed by atoms with E-state index in [1.165, 1.54) is 19.3 Å².